The van der Waals surface area contributed by atoms with E-state index in [1.165, 1.54) is 22.4 Å². The highest BCUT2D eigenvalue weighted by molar-refractivity contribution is 5.34. The minimum Gasteiger partial charge on any atom is -0.374 e. The summed E-state index contributed by atoms with van der Waals surface area (Å²) in [5.41, 5.74) is 5.13. The molecular formula is C20H28N4O2. The molecule has 0 aliphatic carbocycles. The monoisotopic (exact) mass is 356 g/mol. The fourth-order valence-electron chi connectivity index (χ4n) is 3.97. The van der Waals surface area contributed by atoms with Crippen molar-refractivity contribution in [1.82, 2.24) is 19.8 Å². The number of imidazole rings is 1. The Kier molecular flexibility index (Phi) is 5.09. The number of nitrogens with one attached hydrogen (secondary N) is 1. The van der Waals surface area contributed by atoms with Crippen LogP contribution >= 0.6 is 0 Å². The van der Waals surface area contributed by atoms with Gasteiger partial charge in [-0.2, -0.15) is 0 Å². The summed E-state index contributed by atoms with van der Waals surface area (Å²) >= 11 is 0. The average Bonchev–Trinajstić information content (AvgIpc) is 3.27. The van der Waals surface area contributed by atoms with Crippen LogP contribution in [-0.2, 0) is 29.7 Å². The van der Waals surface area contributed by atoms with Gasteiger partial charge in [0, 0.05) is 32.4 Å². The van der Waals surface area contributed by atoms with Gasteiger partial charge < -0.3 is 19.4 Å². The minimum absolute atomic E-state index is 0.101. The van der Waals surface area contributed by atoms with Crippen molar-refractivity contribution < 1.29 is 9.47 Å². The van der Waals surface area contributed by atoms with Gasteiger partial charge in [-0.05, 0) is 30.7 Å². The molecule has 2 aliphatic heterocycles. The number of nitrogens with zero attached hydrogens (tertiary/aromatic N) is 3. The fourth-order valence-corrected chi connectivity index (χ4v) is 3.97. The highest BCUT2D eigenvalue weighted by atomic mass is 16.5. The lowest BCUT2D eigenvalue weighted by Gasteiger charge is -2.39. The third-order valence-corrected chi connectivity index (χ3v) is 5.63. The van der Waals surface area contributed by atoms with Crippen LogP contribution in [0.5, 0.6) is 0 Å². The molecule has 3 heterocycles. The average molecular weight is 356 g/mol. The Morgan fingerprint density at radius 1 is 1.27 bits per heavy atom. The fraction of sp³-hybridized carbons (Fsp3) is 0.550. The number of benzene rings is 1. The Bertz CT molecular complexity index is 760. The largest absolute Gasteiger partial charge is 0.374 e. The Labute approximate surface area is 155 Å². The summed E-state index contributed by atoms with van der Waals surface area (Å²) < 4.78 is 13.8. The maximum atomic E-state index is 6.13. The molecule has 140 valence electrons. The number of aryl methyl sites for hydroxylation is 1. The zero-order chi connectivity index (χ0) is 18.1. The lowest BCUT2D eigenvalue weighted by Crippen LogP contribution is -2.48. The van der Waals surface area contributed by atoms with Gasteiger partial charge in [-0.1, -0.05) is 18.2 Å². The van der Waals surface area contributed by atoms with E-state index in [0.717, 1.165) is 32.9 Å². The molecule has 1 aromatic carbocycles. The van der Waals surface area contributed by atoms with Crippen LogP contribution in [0.25, 0.3) is 0 Å². The molecule has 0 spiro atoms. The maximum Gasteiger partial charge on any atom is 0.0946 e. The van der Waals surface area contributed by atoms with Crippen LogP contribution in [0, 0.1) is 0 Å². The van der Waals surface area contributed by atoms with Crippen molar-refractivity contribution >= 4 is 0 Å². The van der Waals surface area contributed by atoms with Crippen molar-refractivity contribution in [1.29, 1.82) is 0 Å². The lowest BCUT2D eigenvalue weighted by atomic mass is 10.0. The molecule has 26 heavy (non-hydrogen) atoms. The molecule has 0 bridgehead atoms. The van der Waals surface area contributed by atoms with E-state index in [0.29, 0.717) is 0 Å². The van der Waals surface area contributed by atoms with E-state index in [1.807, 2.05) is 19.6 Å². The van der Waals surface area contributed by atoms with Crippen molar-refractivity contribution in [2.24, 2.45) is 7.05 Å². The molecule has 4 rings (SSSR count). The first-order valence-corrected chi connectivity index (χ1v) is 9.34. The molecule has 0 saturated carbocycles. The smallest absolute Gasteiger partial charge is 0.0946 e. The van der Waals surface area contributed by atoms with E-state index < -0.39 is 0 Å². The molecule has 0 radical (unpaired) electrons. The SMILES string of the molecule is CC(NC[C@@H]1OCCN(C)[C@H]1c1cncn1C)c1ccc2c(c1)COC2. The van der Waals surface area contributed by atoms with Gasteiger partial charge in [-0.3, -0.25) is 4.90 Å². The number of hydrogen-bond acceptors (Lipinski definition) is 5. The van der Waals surface area contributed by atoms with E-state index in [2.05, 4.69) is 51.9 Å². The van der Waals surface area contributed by atoms with Gasteiger partial charge in [-0.25, -0.2) is 4.98 Å². The first-order valence-electron chi connectivity index (χ1n) is 9.34. The van der Waals surface area contributed by atoms with Crippen LogP contribution in [0.15, 0.2) is 30.7 Å². The van der Waals surface area contributed by atoms with Gasteiger partial charge in [-0.15, -0.1) is 0 Å². The number of ether oxygens (including phenoxy) is 2. The van der Waals surface area contributed by atoms with Crippen LogP contribution in [0.4, 0.5) is 0 Å². The number of likely N-dealkylation sites (N-methyl/N-ethyl adjacent to an activating group) is 1. The Balaban J connectivity index is 1.44. The summed E-state index contributed by atoms with van der Waals surface area (Å²) in [6.45, 7) is 6.19. The molecule has 3 atom stereocenters. The zero-order valence-electron chi connectivity index (χ0n) is 15.8. The minimum atomic E-state index is 0.101. The number of aromatic nitrogens is 2. The van der Waals surface area contributed by atoms with Crippen LogP contribution in [-0.4, -0.2) is 47.3 Å². The van der Waals surface area contributed by atoms with Crippen LogP contribution in [0.3, 0.4) is 0 Å². The summed E-state index contributed by atoms with van der Waals surface area (Å²) in [6.07, 6.45) is 3.91. The van der Waals surface area contributed by atoms with Gasteiger partial charge in [0.25, 0.3) is 0 Å². The van der Waals surface area contributed by atoms with Crippen molar-refractivity contribution in [3.05, 3.63) is 53.1 Å². The van der Waals surface area contributed by atoms with Gasteiger partial charge in [0.2, 0.25) is 0 Å². The van der Waals surface area contributed by atoms with Crippen LogP contribution < -0.4 is 5.32 Å². The molecule has 2 aromatic rings. The molecule has 1 saturated heterocycles. The number of morpholine rings is 1. The second kappa shape index (κ2) is 7.48. The zero-order valence-corrected chi connectivity index (χ0v) is 15.8. The number of fused-ring (bicyclic) bond motifs is 1. The predicted molar refractivity (Wildman–Crippen MR) is 99.7 cm³/mol. The van der Waals surface area contributed by atoms with Gasteiger partial charge in [0.05, 0.1) is 44.0 Å². The van der Waals surface area contributed by atoms with E-state index in [1.54, 1.807) is 0 Å². The van der Waals surface area contributed by atoms with Gasteiger partial charge >= 0.3 is 0 Å². The molecular weight excluding hydrogens is 328 g/mol. The van der Waals surface area contributed by atoms with Crippen molar-refractivity contribution in [2.45, 2.75) is 38.3 Å². The van der Waals surface area contributed by atoms with Crippen molar-refractivity contribution in [2.75, 3.05) is 26.7 Å². The predicted octanol–water partition coefficient (Wildman–Crippen LogP) is 2.17. The molecule has 1 unspecified atom stereocenters. The van der Waals surface area contributed by atoms with Crippen molar-refractivity contribution in [3.8, 4) is 0 Å². The van der Waals surface area contributed by atoms with E-state index in [9.17, 15) is 0 Å². The van der Waals surface area contributed by atoms with Crippen LogP contribution in [0.1, 0.15) is 41.4 Å². The summed E-state index contributed by atoms with van der Waals surface area (Å²) in [4.78, 5) is 6.66. The molecule has 1 aromatic heterocycles. The molecule has 2 aliphatic rings. The Morgan fingerprint density at radius 3 is 2.92 bits per heavy atom. The van der Waals surface area contributed by atoms with E-state index in [4.69, 9.17) is 9.47 Å². The normalized spacial score (nSPS) is 24.6. The topological polar surface area (TPSA) is 51.5 Å². The van der Waals surface area contributed by atoms with Gasteiger partial charge in [0.15, 0.2) is 0 Å². The molecule has 6 heteroatoms. The number of rotatable bonds is 5. The highest BCUT2D eigenvalue weighted by Crippen LogP contribution is 2.28. The maximum absolute atomic E-state index is 6.13. The third-order valence-electron chi connectivity index (χ3n) is 5.63. The molecule has 0 amide bonds. The summed E-state index contributed by atoms with van der Waals surface area (Å²) in [5, 5.41) is 3.67. The van der Waals surface area contributed by atoms with Crippen molar-refractivity contribution in [3.63, 3.8) is 0 Å². The summed E-state index contributed by atoms with van der Waals surface area (Å²) in [6, 6.07) is 7.15. The first kappa shape index (κ1) is 17.7. The quantitative estimate of drug-likeness (QED) is 0.890. The third kappa shape index (κ3) is 3.42. The highest BCUT2D eigenvalue weighted by Gasteiger charge is 2.33. The second-order valence-corrected chi connectivity index (χ2v) is 7.41. The first-order chi connectivity index (χ1) is 12.6. The molecule has 1 fully saturated rings. The number of hydrogen-bond donors (Lipinski definition) is 1. The standard InChI is InChI=1S/C20H28N4O2/c1-14(15-4-5-16-11-25-12-17(16)8-15)22-10-19-20(23(2)6-7-26-19)18-9-21-13-24(18)3/h4-5,8-9,13-14,19-20,22H,6-7,10-12H2,1-3H3/t14?,19-,20-/m0/s1. The van der Waals surface area contributed by atoms with Crippen LogP contribution in [0.2, 0.25) is 0 Å². The summed E-state index contributed by atoms with van der Waals surface area (Å²) in [7, 11) is 4.21. The van der Waals surface area contributed by atoms with E-state index in [-0.39, 0.29) is 18.2 Å². The molecule has 1 N–H and O–H groups in total. The molecule has 6 nitrogen and oxygen atoms in total. The van der Waals surface area contributed by atoms with E-state index >= 15 is 0 Å². The van der Waals surface area contributed by atoms with Gasteiger partial charge in [0.1, 0.15) is 0 Å². The lowest BCUT2D eigenvalue weighted by molar-refractivity contribution is -0.0643. The Morgan fingerprint density at radius 2 is 2.12 bits per heavy atom. The Hall–Kier alpha value is -1.73. The second-order valence-electron chi connectivity index (χ2n) is 7.41. The summed E-state index contributed by atoms with van der Waals surface area (Å²) in [5.74, 6) is 0.